The van der Waals surface area contributed by atoms with Crippen LogP contribution in [0.5, 0.6) is 0 Å². The lowest BCUT2D eigenvalue weighted by Crippen LogP contribution is -2.38. The molecule has 49 heavy (non-hydrogen) atoms. The van der Waals surface area contributed by atoms with E-state index in [1.807, 2.05) is 39.0 Å². The second-order valence-corrected chi connectivity index (χ2v) is 15.2. The summed E-state index contributed by atoms with van der Waals surface area (Å²) >= 11 is 0. The second-order valence-electron chi connectivity index (χ2n) is 13.2. The summed E-state index contributed by atoms with van der Waals surface area (Å²) in [5.74, 6) is -0.380. The summed E-state index contributed by atoms with van der Waals surface area (Å²) < 4.78 is 73.9. The number of alkyl halides is 3. The first kappa shape index (κ1) is 36.5. The van der Waals surface area contributed by atoms with Crippen LogP contribution >= 0.6 is 10.8 Å². The number of fused-ring (bicyclic) bond motifs is 1. The molecule has 0 spiro atoms. The average Bonchev–Trinajstić information content (AvgIpc) is 3.46. The van der Waals surface area contributed by atoms with Crippen molar-refractivity contribution < 1.29 is 31.8 Å². The van der Waals surface area contributed by atoms with Crippen LogP contribution in [0.2, 0.25) is 0 Å². The zero-order valence-electron chi connectivity index (χ0n) is 28.2. The molecule has 0 aliphatic carbocycles. The molecule has 1 aliphatic heterocycles. The summed E-state index contributed by atoms with van der Waals surface area (Å²) in [7, 11) is -3.79. The monoisotopic (exact) mass is 700 g/mol. The summed E-state index contributed by atoms with van der Waals surface area (Å²) in [6.45, 7) is 10.5. The van der Waals surface area contributed by atoms with Gasteiger partial charge >= 0.3 is 6.18 Å². The standard InChI is InChI=1S/C35H43F3N6O4S/c1-6-14-43-21-30(41-42-43)22-48-32(34(4,5)33(45)40-29-8-7-13-39-18-29)26-10-9-24(3)27(16-26)20-44-19-23(2)15-25-11-12-28(35(36,37)38)17-31(25)49(44,46)47/h7-13,16-18,21,23,32,46-47H,6,14-15,19-20,22H2,1-5H3,(H,40,45). The Labute approximate surface area is 286 Å². The molecule has 2 atom stereocenters. The van der Waals surface area contributed by atoms with Gasteiger partial charge in [0.2, 0.25) is 5.91 Å². The second kappa shape index (κ2) is 14.6. The van der Waals surface area contributed by atoms with Gasteiger partial charge in [0.1, 0.15) is 5.69 Å². The van der Waals surface area contributed by atoms with Gasteiger partial charge in [0, 0.05) is 25.8 Å². The number of ether oxygens (including phenoxy) is 1. The van der Waals surface area contributed by atoms with Crippen molar-refractivity contribution in [1.82, 2.24) is 24.3 Å². The van der Waals surface area contributed by atoms with E-state index in [0.29, 0.717) is 41.0 Å². The minimum Gasteiger partial charge on any atom is -0.366 e. The molecule has 1 amide bonds. The van der Waals surface area contributed by atoms with Crippen LogP contribution in [0.4, 0.5) is 18.9 Å². The van der Waals surface area contributed by atoms with Gasteiger partial charge in [-0.05, 0) is 86.1 Å². The number of halogens is 3. The summed E-state index contributed by atoms with van der Waals surface area (Å²) in [4.78, 5) is 17.8. The van der Waals surface area contributed by atoms with Gasteiger partial charge in [-0.15, -0.1) is 15.9 Å². The Balaban J connectivity index is 1.49. The van der Waals surface area contributed by atoms with Crippen LogP contribution in [0, 0.1) is 18.3 Å². The highest BCUT2D eigenvalue weighted by molar-refractivity contribution is 8.22. The molecule has 0 fully saturated rings. The van der Waals surface area contributed by atoms with Crippen molar-refractivity contribution in [3.63, 3.8) is 0 Å². The number of aromatic nitrogens is 4. The Kier molecular flexibility index (Phi) is 10.8. The van der Waals surface area contributed by atoms with Crippen molar-refractivity contribution >= 4 is 22.4 Å². The molecule has 264 valence electrons. The van der Waals surface area contributed by atoms with Crippen LogP contribution < -0.4 is 5.32 Å². The largest absolute Gasteiger partial charge is 0.416 e. The summed E-state index contributed by atoms with van der Waals surface area (Å²) in [5, 5.41) is 11.3. The van der Waals surface area contributed by atoms with Crippen molar-refractivity contribution in [2.24, 2.45) is 11.3 Å². The number of anilines is 1. The fourth-order valence-electron chi connectivity index (χ4n) is 6.04. The third kappa shape index (κ3) is 8.32. The number of nitrogens with zero attached hydrogens (tertiary/aromatic N) is 5. The number of rotatable bonds is 11. The van der Waals surface area contributed by atoms with E-state index in [1.54, 1.807) is 49.3 Å². The van der Waals surface area contributed by atoms with E-state index in [2.05, 4.69) is 20.6 Å². The van der Waals surface area contributed by atoms with E-state index >= 15 is 0 Å². The van der Waals surface area contributed by atoms with Crippen molar-refractivity contribution in [3.05, 3.63) is 101 Å². The molecular weight excluding hydrogens is 657 g/mol. The Hall–Kier alpha value is -3.82. The zero-order chi connectivity index (χ0) is 35.6. The Morgan fingerprint density at radius 3 is 2.63 bits per heavy atom. The lowest BCUT2D eigenvalue weighted by molar-refractivity contribution is -0.137. The quantitative estimate of drug-likeness (QED) is 0.144. The van der Waals surface area contributed by atoms with Crippen molar-refractivity contribution in [2.75, 3.05) is 11.9 Å². The molecule has 5 rings (SSSR count). The van der Waals surface area contributed by atoms with Gasteiger partial charge in [-0.2, -0.15) is 17.5 Å². The zero-order valence-corrected chi connectivity index (χ0v) is 29.1. The van der Waals surface area contributed by atoms with Crippen molar-refractivity contribution in [3.8, 4) is 0 Å². The first-order chi connectivity index (χ1) is 23.1. The van der Waals surface area contributed by atoms with Crippen LogP contribution in [0.3, 0.4) is 0 Å². The van der Waals surface area contributed by atoms with Gasteiger partial charge in [-0.3, -0.25) is 23.6 Å². The Morgan fingerprint density at radius 1 is 1.16 bits per heavy atom. The minimum absolute atomic E-state index is 0.0441. The summed E-state index contributed by atoms with van der Waals surface area (Å²) in [6, 6.07) is 12.3. The van der Waals surface area contributed by atoms with Crippen LogP contribution in [0.1, 0.15) is 73.7 Å². The van der Waals surface area contributed by atoms with Gasteiger partial charge in [-0.25, -0.2) is 0 Å². The number of aryl methyl sites for hydroxylation is 2. The van der Waals surface area contributed by atoms with Crippen molar-refractivity contribution in [1.29, 1.82) is 0 Å². The fraction of sp³-hybridized carbons (Fsp3) is 0.429. The van der Waals surface area contributed by atoms with Crippen LogP contribution in [0.25, 0.3) is 0 Å². The SMILES string of the molecule is CCCn1cc(COC(c2ccc(C)c(CN3CC(C)Cc4ccc(C(F)(F)F)cc4S3(O)O)c2)C(C)(C)C(=O)Nc2cccnc2)nn1. The maximum absolute atomic E-state index is 13.8. The molecule has 2 unspecified atom stereocenters. The van der Waals surface area contributed by atoms with E-state index in [1.165, 1.54) is 10.4 Å². The average molecular weight is 701 g/mol. The number of benzene rings is 2. The summed E-state index contributed by atoms with van der Waals surface area (Å²) in [6.07, 6.45) is 0.827. The number of hydrogen-bond donors (Lipinski definition) is 3. The third-order valence-electron chi connectivity index (χ3n) is 8.75. The number of carbonyl (C=O) groups excluding carboxylic acids is 1. The molecule has 10 nitrogen and oxygen atoms in total. The fourth-order valence-corrected chi connectivity index (χ4v) is 7.88. The molecule has 0 bridgehead atoms. The molecule has 0 saturated heterocycles. The maximum atomic E-state index is 13.8. The predicted molar refractivity (Wildman–Crippen MR) is 182 cm³/mol. The summed E-state index contributed by atoms with van der Waals surface area (Å²) in [5.41, 5.74) is 1.76. The lowest BCUT2D eigenvalue weighted by Gasteiger charge is -2.43. The van der Waals surface area contributed by atoms with E-state index < -0.39 is 34.0 Å². The number of hydrogen-bond acceptors (Lipinski definition) is 8. The van der Waals surface area contributed by atoms with Crippen LogP contribution in [-0.2, 0) is 41.8 Å². The van der Waals surface area contributed by atoms with E-state index in [4.69, 9.17) is 4.74 Å². The first-order valence-electron chi connectivity index (χ1n) is 16.1. The molecular formula is C35H43F3N6O4S. The van der Waals surface area contributed by atoms with Gasteiger partial charge in [0.15, 0.2) is 0 Å². The molecule has 0 radical (unpaired) electrons. The molecule has 0 saturated carbocycles. The van der Waals surface area contributed by atoms with E-state index in [-0.39, 0.29) is 36.4 Å². The predicted octanol–water partition coefficient (Wildman–Crippen LogP) is 8.05. The molecule has 3 N–H and O–H groups in total. The smallest absolute Gasteiger partial charge is 0.366 e. The van der Waals surface area contributed by atoms with Gasteiger partial charge in [0.05, 0.1) is 46.7 Å². The highest BCUT2D eigenvalue weighted by Gasteiger charge is 2.40. The highest BCUT2D eigenvalue weighted by atomic mass is 32.3. The van der Waals surface area contributed by atoms with Gasteiger partial charge in [0.25, 0.3) is 0 Å². The van der Waals surface area contributed by atoms with Gasteiger partial charge in [-0.1, -0.05) is 43.3 Å². The van der Waals surface area contributed by atoms with E-state index in [9.17, 15) is 27.1 Å². The number of nitrogens with one attached hydrogen (secondary N) is 1. The topological polar surface area (TPSA) is 126 Å². The molecule has 3 heterocycles. The lowest BCUT2D eigenvalue weighted by atomic mass is 9.80. The van der Waals surface area contributed by atoms with Gasteiger partial charge < -0.3 is 10.1 Å². The van der Waals surface area contributed by atoms with Crippen LogP contribution in [0.15, 0.2) is 72.0 Å². The molecule has 2 aromatic carbocycles. The number of amides is 1. The Morgan fingerprint density at radius 2 is 1.94 bits per heavy atom. The first-order valence-corrected chi connectivity index (χ1v) is 17.6. The van der Waals surface area contributed by atoms with Crippen molar-refractivity contribution in [2.45, 2.75) is 84.3 Å². The molecule has 2 aromatic heterocycles. The normalized spacial score (nSPS) is 18.0. The minimum atomic E-state index is -4.63. The number of pyridine rings is 1. The third-order valence-corrected chi connectivity index (χ3v) is 10.7. The molecule has 4 aromatic rings. The number of carbonyl (C=O) groups is 1. The highest BCUT2D eigenvalue weighted by Crippen LogP contribution is 2.57. The maximum Gasteiger partial charge on any atom is 0.416 e. The van der Waals surface area contributed by atoms with E-state index in [0.717, 1.165) is 24.1 Å². The Bertz CT molecular complexity index is 1770. The van der Waals surface area contributed by atoms with Crippen LogP contribution in [-0.4, -0.2) is 45.8 Å². The molecule has 14 heteroatoms. The molecule has 1 aliphatic rings.